The average Bonchev–Trinajstić information content (AvgIpc) is 3.25. The van der Waals surface area contributed by atoms with Crippen LogP contribution in [0.2, 0.25) is 0 Å². The van der Waals surface area contributed by atoms with Gasteiger partial charge in [-0.3, -0.25) is 4.79 Å². The Hall–Kier alpha value is -3.25. The number of hydrogen-bond acceptors (Lipinski definition) is 5. The lowest BCUT2D eigenvalue weighted by atomic mass is 9.93. The third kappa shape index (κ3) is 3.71. The summed E-state index contributed by atoms with van der Waals surface area (Å²) in [5, 5.41) is 3.56. The number of carbonyl (C=O) groups is 1. The van der Waals surface area contributed by atoms with Crippen molar-refractivity contribution < 1.29 is 18.7 Å². The maximum atomic E-state index is 13.4. The van der Waals surface area contributed by atoms with E-state index < -0.39 is 5.66 Å². The van der Waals surface area contributed by atoms with Crippen LogP contribution in [0.4, 0.5) is 5.69 Å². The highest BCUT2D eigenvalue weighted by Gasteiger charge is 2.43. The number of fused-ring (bicyclic) bond motifs is 1. The zero-order valence-corrected chi connectivity index (χ0v) is 16.6. The predicted molar refractivity (Wildman–Crippen MR) is 110 cm³/mol. The van der Waals surface area contributed by atoms with Crippen molar-refractivity contribution >= 4 is 11.6 Å². The van der Waals surface area contributed by atoms with Gasteiger partial charge in [0.25, 0.3) is 5.91 Å². The molecule has 2 aromatic carbocycles. The van der Waals surface area contributed by atoms with E-state index >= 15 is 0 Å². The molecule has 1 unspecified atom stereocenters. The van der Waals surface area contributed by atoms with E-state index in [9.17, 15) is 4.79 Å². The number of carbonyl (C=O) groups excluding carboxylic acids is 1. The Labute approximate surface area is 170 Å². The number of anilines is 1. The van der Waals surface area contributed by atoms with Crippen molar-refractivity contribution in [3.8, 4) is 5.75 Å². The Kier molecular flexibility index (Phi) is 5.27. The highest BCUT2D eigenvalue weighted by Crippen LogP contribution is 2.39. The Morgan fingerprint density at radius 1 is 1.07 bits per heavy atom. The average molecular weight is 392 g/mol. The number of para-hydroxylation sites is 1. The topological polar surface area (TPSA) is 63.9 Å². The number of hydrogen-bond donors (Lipinski definition) is 1. The molecule has 150 valence electrons. The van der Waals surface area contributed by atoms with E-state index in [0.29, 0.717) is 25.3 Å². The number of amides is 1. The van der Waals surface area contributed by atoms with E-state index in [4.69, 9.17) is 13.9 Å². The van der Waals surface area contributed by atoms with Crippen LogP contribution in [0.1, 0.15) is 28.6 Å². The zero-order chi connectivity index (χ0) is 20.3. The number of ether oxygens (including phenoxy) is 2. The van der Waals surface area contributed by atoms with Gasteiger partial charge in [0, 0.05) is 18.4 Å². The number of methoxy groups -OCH3 is 1. The largest absolute Gasteiger partial charge is 0.491 e. The molecule has 6 heteroatoms. The minimum atomic E-state index is -0.779. The summed E-state index contributed by atoms with van der Waals surface area (Å²) in [6, 6.07) is 19.0. The molecule has 1 aromatic heterocycles. The standard InChI is InChI=1S/C23H24N2O4/c1-23(17-7-5-8-18(15-17)29-14-13-27-2)24-21-11-4-3-10-20(21)22(26)25(23)16-19-9-6-12-28-19/h3-12,15,24H,13-14,16H2,1-2H3. The van der Waals surface area contributed by atoms with E-state index in [0.717, 1.165) is 22.8 Å². The quantitative estimate of drug-likeness (QED) is 0.609. The van der Waals surface area contributed by atoms with Crippen molar-refractivity contribution in [3.63, 3.8) is 0 Å². The van der Waals surface area contributed by atoms with E-state index in [2.05, 4.69) is 5.32 Å². The summed E-state index contributed by atoms with van der Waals surface area (Å²) < 4.78 is 16.4. The molecule has 1 N–H and O–H groups in total. The summed E-state index contributed by atoms with van der Waals surface area (Å²) in [6.45, 7) is 3.31. The van der Waals surface area contributed by atoms with Gasteiger partial charge in [0.2, 0.25) is 0 Å². The van der Waals surface area contributed by atoms with Crippen LogP contribution in [0.3, 0.4) is 0 Å². The minimum Gasteiger partial charge on any atom is -0.491 e. The van der Waals surface area contributed by atoms with Gasteiger partial charge in [-0.05, 0) is 43.3 Å². The van der Waals surface area contributed by atoms with Gasteiger partial charge in [0.15, 0.2) is 0 Å². The minimum absolute atomic E-state index is 0.0519. The third-order valence-corrected chi connectivity index (χ3v) is 5.17. The lowest BCUT2D eigenvalue weighted by molar-refractivity contribution is 0.0486. The summed E-state index contributed by atoms with van der Waals surface area (Å²) in [6.07, 6.45) is 1.62. The summed E-state index contributed by atoms with van der Waals surface area (Å²) in [5.74, 6) is 1.40. The van der Waals surface area contributed by atoms with E-state index in [1.165, 1.54) is 0 Å². The van der Waals surface area contributed by atoms with Gasteiger partial charge >= 0.3 is 0 Å². The van der Waals surface area contributed by atoms with Gasteiger partial charge in [-0.2, -0.15) is 0 Å². The lowest BCUT2D eigenvalue weighted by Crippen LogP contribution is -2.55. The maximum Gasteiger partial charge on any atom is 0.258 e. The van der Waals surface area contributed by atoms with Crippen molar-refractivity contribution in [2.45, 2.75) is 19.1 Å². The Bertz CT molecular complexity index is 986. The van der Waals surface area contributed by atoms with Crippen molar-refractivity contribution in [1.29, 1.82) is 0 Å². The molecule has 2 heterocycles. The third-order valence-electron chi connectivity index (χ3n) is 5.17. The fourth-order valence-electron chi connectivity index (χ4n) is 3.60. The van der Waals surface area contributed by atoms with Gasteiger partial charge in [-0.25, -0.2) is 0 Å². The van der Waals surface area contributed by atoms with Crippen molar-refractivity contribution in [2.75, 3.05) is 25.6 Å². The molecule has 3 aromatic rings. The van der Waals surface area contributed by atoms with Crippen molar-refractivity contribution in [2.24, 2.45) is 0 Å². The van der Waals surface area contributed by atoms with Crippen LogP contribution >= 0.6 is 0 Å². The first-order chi connectivity index (χ1) is 14.1. The van der Waals surface area contributed by atoms with Gasteiger partial charge in [0.1, 0.15) is 23.8 Å². The van der Waals surface area contributed by atoms with Crippen LogP contribution in [0.5, 0.6) is 5.75 Å². The normalized spacial score (nSPS) is 18.3. The molecule has 1 atom stereocenters. The fraction of sp³-hybridized carbons (Fsp3) is 0.261. The molecule has 4 rings (SSSR count). The summed E-state index contributed by atoms with van der Waals surface area (Å²) in [7, 11) is 1.64. The summed E-state index contributed by atoms with van der Waals surface area (Å²) in [4.78, 5) is 15.2. The molecule has 1 aliphatic heterocycles. The molecule has 0 spiro atoms. The number of nitrogens with zero attached hydrogens (tertiary/aromatic N) is 1. The van der Waals surface area contributed by atoms with Gasteiger partial charge in [-0.15, -0.1) is 0 Å². The molecule has 1 aliphatic rings. The van der Waals surface area contributed by atoms with Gasteiger partial charge in [0.05, 0.1) is 25.0 Å². The highest BCUT2D eigenvalue weighted by molar-refractivity contribution is 6.02. The Balaban J connectivity index is 1.73. The SMILES string of the molecule is COCCOc1cccc(C2(C)Nc3ccccc3C(=O)N2Cc2ccco2)c1. The zero-order valence-electron chi connectivity index (χ0n) is 16.6. The van der Waals surface area contributed by atoms with Crippen LogP contribution in [0.15, 0.2) is 71.3 Å². The van der Waals surface area contributed by atoms with Crippen molar-refractivity contribution in [1.82, 2.24) is 4.90 Å². The Morgan fingerprint density at radius 2 is 1.93 bits per heavy atom. The molecule has 1 amide bonds. The van der Waals surface area contributed by atoms with Crippen LogP contribution in [0.25, 0.3) is 0 Å². The monoisotopic (exact) mass is 392 g/mol. The number of nitrogens with one attached hydrogen (secondary N) is 1. The second-order valence-corrected chi connectivity index (χ2v) is 7.08. The van der Waals surface area contributed by atoms with E-state index in [-0.39, 0.29) is 5.91 Å². The van der Waals surface area contributed by atoms with Crippen molar-refractivity contribution in [3.05, 3.63) is 83.8 Å². The molecular weight excluding hydrogens is 368 g/mol. The molecule has 0 saturated carbocycles. The number of benzene rings is 2. The smallest absolute Gasteiger partial charge is 0.258 e. The first-order valence-corrected chi connectivity index (χ1v) is 9.55. The van der Waals surface area contributed by atoms with Gasteiger partial charge in [-0.1, -0.05) is 24.3 Å². The fourth-order valence-corrected chi connectivity index (χ4v) is 3.60. The molecule has 0 aliphatic carbocycles. The predicted octanol–water partition coefficient (Wildman–Crippen LogP) is 4.25. The lowest BCUT2D eigenvalue weighted by Gasteiger charge is -2.46. The van der Waals surface area contributed by atoms with Crippen LogP contribution in [-0.4, -0.2) is 31.1 Å². The molecule has 0 fully saturated rings. The summed E-state index contributed by atoms with van der Waals surface area (Å²) in [5.41, 5.74) is 1.59. The van der Waals surface area contributed by atoms with Crippen LogP contribution < -0.4 is 10.1 Å². The molecular formula is C23H24N2O4. The van der Waals surface area contributed by atoms with E-state index in [1.54, 1.807) is 18.3 Å². The second-order valence-electron chi connectivity index (χ2n) is 7.08. The van der Waals surface area contributed by atoms with E-state index in [1.807, 2.05) is 67.6 Å². The number of rotatable bonds is 7. The summed E-state index contributed by atoms with van der Waals surface area (Å²) >= 11 is 0. The number of furan rings is 1. The Morgan fingerprint density at radius 3 is 2.72 bits per heavy atom. The molecule has 6 nitrogen and oxygen atoms in total. The molecule has 0 bridgehead atoms. The van der Waals surface area contributed by atoms with Crippen LogP contribution in [-0.2, 0) is 16.9 Å². The first kappa shape index (κ1) is 19.1. The molecule has 0 radical (unpaired) electrons. The second kappa shape index (κ2) is 8.01. The van der Waals surface area contributed by atoms with Crippen LogP contribution in [0, 0.1) is 0 Å². The molecule has 29 heavy (non-hydrogen) atoms. The molecule has 0 saturated heterocycles. The maximum absolute atomic E-state index is 13.4. The van der Waals surface area contributed by atoms with Gasteiger partial charge < -0.3 is 24.1 Å². The highest BCUT2D eigenvalue weighted by atomic mass is 16.5. The first-order valence-electron chi connectivity index (χ1n) is 9.55.